The number of ether oxygens (including phenoxy) is 1. The molecule has 0 aliphatic rings. The van der Waals surface area contributed by atoms with Gasteiger partial charge in [-0.15, -0.1) is 0 Å². The molecular formula is C17H30N2O. The average Bonchev–Trinajstić information content (AvgIpc) is 2.49. The fourth-order valence-corrected chi connectivity index (χ4v) is 2.38. The first-order valence-corrected chi connectivity index (χ1v) is 7.83. The van der Waals surface area contributed by atoms with Crippen molar-refractivity contribution in [3.63, 3.8) is 0 Å². The number of nitrogens with two attached hydrogens (primary N) is 1. The fourth-order valence-electron chi connectivity index (χ4n) is 2.38. The Morgan fingerprint density at radius 2 is 1.75 bits per heavy atom. The van der Waals surface area contributed by atoms with Gasteiger partial charge in [0.15, 0.2) is 0 Å². The number of benzene rings is 1. The molecule has 0 amide bonds. The molecule has 0 atom stereocenters. The molecule has 2 N–H and O–H groups in total. The average molecular weight is 278 g/mol. The lowest BCUT2D eigenvalue weighted by Crippen LogP contribution is -2.25. The molecule has 0 fully saturated rings. The third-order valence-electron chi connectivity index (χ3n) is 3.63. The maximum absolute atomic E-state index is 5.79. The van der Waals surface area contributed by atoms with Crippen molar-refractivity contribution in [3.8, 4) is 5.75 Å². The summed E-state index contributed by atoms with van der Waals surface area (Å²) in [7, 11) is 1.70. The van der Waals surface area contributed by atoms with Gasteiger partial charge in [0.2, 0.25) is 0 Å². The van der Waals surface area contributed by atoms with Crippen molar-refractivity contribution in [1.82, 2.24) is 4.90 Å². The van der Waals surface area contributed by atoms with Gasteiger partial charge in [-0.3, -0.25) is 4.90 Å². The lowest BCUT2D eigenvalue weighted by atomic mass is 10.1. The Hall–Kier alpha value is -1.06. The highest BCUT2D eigenvalue weighted by atomic mass is 16.5. The van der Waals surface area contributed by atoms with Gasteiger partial charge in [0.05, 0.1) is 7.11 Å². The molecule has 0 bridgehead atoms. The Morgan fingerprint density at radius 1 is 1.10 bits per heavy atom. The molecule has 3 heteroatoms. The van der Waals surface area contributed by atoms with Gasteiger partial charge in [-0.25, -0.2) is 0 Å². The minimum absolute atomic E-state index is 0.529. The zero-order valence-corrected chi connectivity index (χ0v) is 13.3. The van der Waals surface area contributed by atoms with Gasteiger partial charge in [-0.05, 0) is 43.6 Å². The normalized spacial score (nSPS) is 11.1. The Morgan fingerprint density at radius 3 is 2.25 bits per heavy atom. The zero-order chi connectivity index (χ0) is 14.8. The first-order chi connectivity index (χ1) is 9.74. The van der Waals surface area contributed by atoms with Crippen molar-refractivity contribution in [1.29, 1.82) is 0 Å². The smallest absolute Gasteiger partial charge is 0.123 e. The van der Waals surface area contributed by atoms with Crippen molar-refractivity contribution >= 4 is 0 Å². The molecule has 114 valence electrons. The molecule has 1 rings (SSSR count). The van der Waals surface area contributed by atoms with Gasteiger partial charge in [0.1, 0.15) is 5.75 Å². The molecular weight excluding hydrogens is 248 g/mol. The van der Waals surface area contributed by atoms with Crippen LogP contribution >= 0.6 is 0 Å². The second kappa shape index (κ2) is 9.78. The molecule has 1 aromatic rings. The van der Waals surface area contributed by atoms with Crippen molar-refractivity contribution in [2.45, 2.75) is 52.6 Å². The van der Waals surface area contributed by atoms with Crippen LogP contribution in [0, 0.1) is 0 Å². The SMILES string of the molecule is CCCCN(CCCC)Cc1ccc(OC)c(CN)c1. The molecule has 1 aromatic carbocycles. The Bertz CT molecular complexity index is 371. The molecule has 0 radical (unpaired) electrons. The predicted octanol–water partition coefficient (Wildman–Crippen LogP) is 3.56. The van der Waals surface area contributed by atoms with Crippen molar-refractivity contribution in [3.05, 3.63) is 29.3 Å². The minimum Gasteiger partial charge on any atom is -0.496 e. The van der Waals surface area contributed by atoms with E-state index in [9.17, 15) is 0 Å². The van der Waals surface area contributed by atoms with Crippen LogP contribution in [0.4, 0.5) is 0 Å². The van der Waals surface area contributed by atoms with Gasteiger partial charge in [-0.1, -0.05) is 32.8 Å². The van der Waals surface area contributed by atoms with E-state index < -0.39 is 0 Å². The second-order valence-corrected chi connectivity index (χ2v) is 5.33. The van der Waals surface area contributed by atoms with Gasteiger partial charge < -0.3 is 10.5 Å². The molecule has 0 unspecified atom stereocenters. The Kier molecular flexibility index (Phi) is 8.31. The quantitative estimate of drug-likeness (QED) is 0.711. The van der Waals surface area contributed by atoms with Crippen LogP contribution in [0.5, 0.6) is 5.75 Å². The van der Waals surface area contributed by atoms with Gasteiger partial charge in [0, 0.05) is 18.7 Å². The van der Waals surface area contributed by atoms with E-state index in [0.29, 0.717) is 6.54 Å². The number of hydrogen-bond donors (Lipinski definition) is 1. The topological polar surface area (TPSA) is 38.5 Å². The van der Waals surface area contributed by atoms with E-state index in [1.165, 1.54) is 44.3 Å². The molecule has 0 aliphatic carbocycles. The van der Waals surface area contributed by atoms with E-state index in [4.69, 9.17) is 10.5 Å². The first kappa shape index (κ1) is 17.0. The van der Waals surface area contributed by atoms with Crippen molar-refractivity contribution in [2.24, 2.45) is 5.73 Å². The highest BCUT2D eigenvalue weighted by molar-refractivity contribution is 5.37. The molecule has 3 nitrogen and oxygen atoms in total. The summed E-state index contributed by atoms with van der Waals surface area (Å²) >= 11 is 0. The number of nitrogens with zero attached hydrogens (tertiary/aromatic N) is 1. The number of hydrogen-bond acceptors (Lipinski definition) is 3. The van der Waals surface area contributed by atoms with Crippen LogP contribution in [0.15, 0.2) is 18.2 Å². The summed E-state index contributed by atoms with van der Waals surface area (Å²) in [4.78, 5) is 2.55. The number of rotatable bonds is 10. The third kappa shape index (κ3) is 5.51. The standard InChI is InChI=1S/C17H30N2O/c1-4-6-10-19(11-7-5-2)14-15-8-9-17(20-3)16(12-15)13-18/h8-9,12H,4-7,10-11,13-14,18H2,1-3H3. The first-order valence-electron chi connectivity index (χ1n) is 7.83. The fraction of sp³-hybridized carbons (Fsp3) is 0.647. The molecule has 0 saturated heterocycles. The highest BCUT2D eigenvalue weighted by Gasteiger charge is 2.08. The maximum Gasteiger partial charge on any atom is 0.123 e. The van der Waals surface area contributed by atoms with Crippen LogP contribution in [0.25, 0.3) is 0 Å². The molecule has 0 aliphatic heterocycles. The van der Waals surface area contributed by atoms with Crippen LogP contribution < -0.4 is 10.5 Å². The summed E-state index contributed by atoms with van der Waals surface area (Å²) in [6.07, 6.45) is 5.03. The van der Waals surface area contributed by atoms with Crippen LogP contribution in [-0.4, -0.2) is 25.1 Å². The van der Waals surface area contributed by atoms with Crippen molar-refractivity contribution in [2.75, 3.05) is 20.2 Å². The van der Waals surface area contributed by atoms with E-state index in [1.54, 1.807) is 7.11 Å². The zero-order valence-electron chi connectivity index (χ0n) is 13.3. The second-order valence-electron chi connectivity index (χ2n) is 5.33. The Balaban J connectivity index is 2.70. The summed E-state index contributed by atoms with van der Waals surface area (Å²) in [6.45, 7) is 8.40. The number of methoxy groups -OCH3 is 1. The van der Waals surface area contributed by atoms with Gasteiger partial charge in [-0.2, -0.15) is 0 Å². The van der Waals surface area contributed by atoms with E-state index in [0.717, 1.165) is 17.9 Å². The summed E-state index contributed by atoms with van der Waals surface area (Å²) in [6, 6.07) is 6.38. The largest absolute Gasteiger partial charge is 0.496 e. The molecule has 0 saturated carbocycles. The Labute approximate surface area is 124 Å². The molecule has 0 spiro atoms. The lowest BCUT2D eigenvalue weighted by molar-refractivity contribution is 0.257. The summed E-state index contributed by atoms with van der Waals surface area (Å²) in [5, 5.41) is 0. The third-order valence-corrected chi connectivity index (χ3v) is 3.63. The van der Waals surface area contributed by atoms with Gasteiger partial charge >= 0.3 is 0 Å². The van der Waals surface area contributed by atoms with Crippen LogP contribution in [0.3, 0.4) is 0 Å². The minimum atomic E-state index is 0.529. The summed E-state index contributed by atoms with van der Waals surface area (Å²) in [5.41, 5.74) is 8.22. The van der Waals surface area contributed by atoms with E-state index in [-0.39, 0.29) is 0 Å². The molecule has 0 heterocycles. The van der Waals surface area contributed by atoms with E-state index >= 15 is 0 Å². The van der Waals surface area contributed by atoms with E-state index in [1.807, 2.05) is 6.07 Å². The molecule has 20 heavy (non-hydrogen) atoms. The summed E-state index contributed by atoms with van der Waals surface area (Å²) in [5.74, 6) is 0.893. The van der Waals surface area contributed by atoms with Gasteiger partial charge in [0.25, 0.3) is 0 Å². The number of unbranched alkanes of at least 4 members (excludes halogenated alkanes) is 2. The summed E-state index contributed by atoms with van der Waals surface area (Å²) < 4.78 is 5.33. The highest BCUT2D eigenvalue weighted by Crippen LogP contribution is 2.20. The predicted molar refractivity (Wildman–Crippen MR) is 86.0 cm³/mol. The lowest BCUT2D eigenvalue weighted by Gasteiger charge is -2.22. The van der Waals surface area contributed by atoms with Crippen molar-refractivity contribution < 1.29 is 4.74 Å². The maximum atomic E-state index is 5.79. The van der Waals surface area contributed by atoms with Crippen LogP contribution in [0.2, 0.25) is 0 Å². The van der Waals surface area contributed by atoms with Crippen LogP contribution in [-0.2, 0) is 13.1 Å². The molecule has 0 aromatic heterocycles. The van der Waals surface area contributed by atoms with Crippen LogP contribution in [0.1, 0.15) is 50.7 Å². The van der Waals surface area contributed by atoms with E-state index in [2.05, 4.69) is 30.9 Å². The monoisotopic (exact) mass is 278 g/mol.